The number of hydrogen-bond donors (Lipinski definition) is 1. The molecule has 3 nitrogen and oxygen atoms in total. The molecule has 1 aromatic carbocycles. The maximum Gasteiger partial charge on any atom is 0.416 e. The van der Waals surface area contributed by atoms with Crippen LogP contribution in [0.5, 0.6) is 0 Å². The molecule has 1 heterocycles. The van der Waals surface area contributed by atoms with Gasteiger partial charge in [-0.2, -0.15) is 13.2 Å². The number of nitrogens with two attached hydrogens (primary N) is 1. The third-order valence-electron chi connectivity index (χ3n) is 5.64. The van der Waals surface area contributed by atoms with Crippen molar-refractivity contribution in [2.75, 3.05) is 0 Å². The third kappa shape index (κ3) is 4.04. The zero-order chi connectivity index (χ0) is 19.8. The van der Waals surface area contributed by atoms with Crippen LogP contribution in [0.3, 0.4) is 0 Å². The maximum atomic E-state index is 13.2. The van der Waals surface area contributed by atoms with Gasteiger partial charge in [0.15, 0.2) is 0 Å². The van der Waals surface area contributed by atoms with Gasteiger partial charge in [-0.1, -0.05) is 25.3 Å². The highest BCUT2D eigenvalue weighted by Crippen LogP contribution is 2.36. The van der Waals surface area contributed by atoms with Gasteiger partial charge in [0.1, 0.15) is 0 Å². The quantitative estimate of drug-likeness (QED) is 0.753. The monoisotopic (exact) mass is 378 g/mol. The fourth-order valence-electron chi connectivity index (χ4n) is 4.06. The molecule has 1 aliphatic carbocycles. The van der Waals surface area contributed by atoms with Gasteiger partial charge in [0.05, 0.1) is 11.1 Å². The Bertz CT molecular complexity index is 846. The fourth-order valence-corrected chi connectivity index (χ4v) is 4.06. The first-order valence-corrected chi connectivity index (χ1v) is 9.36. The molecule has 0 radical (unpaired) electrons. The van der Waals surface area contributed by atoms with Crippen LogP contribution in [0.15, 0.2) is 24.3 Å². The van der Waals surface area contributed by atoms with Crippen LogP contribution in [-0.4, -0.2) is 10.5 Å². The van der Waals surface area contributed by atoms with Gasteiger partial charge >= 0.3 is 6.18 Å². The van der Waals surface area contributed by atoms with E-state index in [0.29, 0.717) is 29.3 Å². The van der Waals surface area contributed by atoms with E-state index < -0.39 is 17.6 Å². The van der Waals surface area contributed by atoms with Crippen molar-refractivity contribution in [1.82, 2.24) is 4.57 Å². The number of aryl methyl sites for hydroxylation is 1. The van der Waals surface area contributed by atoms with Gasteiger partial charge < -0.3 is 10.3 Å². The minimum atomic E-state index is -4.41. The summed E-state index contributed by atoms with van der Waals surface area (Å²) in [5, 5.41) is 0. The number of primary amides is 1. The van der Waals surface area contributed by atoms with Crippen molar-refractivity contribution in [3.63, 3.8) is 0 Å². The topological polar surface area (TPSA) is 48.0 Å². The van der Waals surface area contributed by atoms with Crippen LogP contribution in [0.4, 0.5) is 13.2 Å². The summed E-state index contributed by atoms with van der Waals surface area (Å²) in [6, 6.07) is 5.39. The molecule has 3 rings (SSSR count). The molecule has 1 saturated carbocycles. The third-order valence-corrected chi connectivity index (χ3v) is 5.64. The van der Waals surface area contributed by atoms with Gasteiger partial charge in [-0.05, 0) is 56.4 Å². The number of halogens is 3. The molecule has 2 N–H and O–H groups in total. The summed E-state index contributed by atoms with van der Waals surface area (Å²) in [5.74, 6) is -0.0868. The van der Waals surface area contributed by atoms with Gasteiger partial charge in [0.2, 0.25) is 0 Å². The molecule has 1 aliphatic rings. The summed E-state index contributed by atoms with van der Waals surface area (Å²) >= 11 is 0. The predicted molar refractivity (Wildman–Crippen MR) is 99.4 cm³/mol. The summed E-state index contributed by atoms with van der Waals surface area (Å²) in [6.07, 6.45) is 1.37. The molecule has 6 heteroatoms. The van der Waals surface area contributed by atoms with Crippen LogP contribution in [-0.2, 0) is 12.7 Å². The van der Waals surface area contributed by atoms with Gasteiger partial charge in [-0.3, -0.25) is 4.79 Å². The first kappa shape index (κ1) is 19.5. The number of benzene rings is 1. The molecule has 0 atom stereocenters. The molecule has 0 saturated heterocycles. The standard InChI is InChI=1S/C21H25F3N2O/c1-13-8-9-16(21(22,23)24)10-17(13)19-11-18(20(25)27)14(2)26(19)12-15-6-4-3-5-7-15/h8-11,15H,3-7,12H2,1-2H3,(H2,25,27). The average molecular weight is 378 g/mol. The largest absolute Gasteiger partial charge is 0.416 e. The number of hydrogen-bond acceptors (Lipinski definition) is 1. The van der Waals surface area contributed by atoms with Crippen molar-refractivity contribution >= 4 is 5.91 Å². The minimum Gasteiger partial charge on any atom is -0.366 e. The SMILES string of the molecule is Cc1ccc(C(F)(F)F)cc1-c1cc(C(N)=O)c(C)n1CC1CCCCC1. The summed E-state index contributed by atoms with van der Waals surface area (Å²) in [4.78, 5) is 11.9. The lowest BCUT2D eigenvalue weighted by Gasteiger charge is -2.24. The number of aromatic nitrogens is 1. The van der Waals surface area contributed by atoms with Gasteiger partial charge in [-0.15, -0.1) is 0 Å². The Labute approximate surface area is 157 Å². The van der Waals surface area contributed by atoms with Crippen molar-refractivity contribution < 1.29 is 18.0 Å². The fraction of sp³-hybridized carbons (Fsp3) is 0.476. The predicted octanol–water partition coefficient (Wildman–Crippen LogP) is 5.47. The maximum absolute atomic E-state index is 13.2. The molecule has 0 spiro atoms. The van der Waals surface area contributed by atoms with Crippen molar-refractivity contribution in [1.29, 1.82) is 0 Å². The van der Waals surface area contributed by atoms with Crippen molar-refractivity contribution in [3.05, 3.63) is 46.6 Å². The molecule has 1 aromatic heterocycles. The summed E-state index contributed by atoms with van der Waals surface area (Å²) in [6.45, 7) is 4.30. The van der Waals surface area contributed by atoms with E-state index in [0.717, 1.165) is 30.2 Å². The molecule has 2 aromatic rings. The van der Waals surface area contributed by atoms with E-state index in [2.05, 4.69) is 0 Å². The highest BCUT2D eigenvalue weighted by Gasteiger charge is 2.31. The van der Waals surface area contributed by atoms with Crippen LogP contribution in [0, 0.1) is 19.8 Å². The summed E-state index contributed by atoms with van der Waals surface area (Å²) in [7, 11) is 0. The van der Waals surface area contributed by atoms with Crippen LogP contribution in [0.25, 0.3) is 11.3 Å². The van der Waals surface area contributed by atoms with E-state index in [1.807, 2.05) is 11.5 Å². The first-order chi connectivity index (χ1) is 12.7. The van der Waals surface area contributed by atoms with E-state index in [9.17, 15) is 18.0 Å². The summed E-state index contributed by atoms with van der Waals surface area (Å²) < 4.78 is 41.6. The van der Waals surface area contributed by atoms with E-state index in [-0.39, 0.29) is 0 Å². The Balaban J connectivity index is 2.11. The molecule has 27 heavy (non-hydrogen) atoms. The van der Waals surface area contributed by atoms with Crippen LogP contribution < -0.4 is 5.73 Å². The lowest BCUT2D eigenvalue weighted by molar-refractivity contribution is -0.137. The Morgan fingerprint density at radius 2 is 1.81 bits per heavy atom. The second-order valence-corrected chi connectivity index (χ2v) is 7.54. The van der Waals surface area contributed by atoms with Gasteiger partial charge in [0, 0.05) is 23.5 Å². The molecular weight excluding hydrogens is 353 g/mol. The van der Waals surface area contributed by atoms with E-state index in [1.54, 1.807) is 13.0 Å². The van der Waals surface area contributed by atoms with E-state index in [4.69, 9.17) is 5.73 Å². The number of rotatable bonds is 4. The Morgan fingerprint density at radius 1 is 1.15 bits per heavy atom. The molecule has 0 unspecified atom stereocenters. The molecule has 0 aliphatic heterocycles. The van der Waals surface area contributed by atoms with E-state index >= 15 is 0 Å². The number of carbonyl (C=O) groups is 1. The Kier molecular flexibility index (Phi) is 5.36. The highest BCUT2D eigenvalue weighted by atomic mass is 19.4. The van der Waals surface area contributed by atoms with Crippen molar-refractivity contribution in [2.45, 2.75) is 58.7 Å². The van der Waals surface area contributed by atoms with Gasteiger partial charge in [-0.25, -0.2) is 0 Å². The zero-order valence-corrected chi connectivity index (χ0v) is 15.7. The van der Waals surface area contributed by atoms with E-state index in [1.165, 1.54) is 31.4 Å². The van der Waals surface area contributed by atoms with Crippen molar-refractivity contribution in [2.24, 2.45) is 11.7 Å². The zero-order valence-electron chi connectivity index (χ0n) is 15.7. The second-order valence-electron chi connectivity index (χ2n) is 7.54. The van der Waals surface area contributed by atoms with Crippen LogP contribution >= 0.6 is 0 Å². The number of carbonyl (C=O) groups excluding carboxylic acids is 1. The Hall–Kier alpha value is -2.24. The van der Waals surface area contributed by atoms with Crippen LogP contribution in [0.2, 0.25) is 0 Å². The first-order valence-electron chi connectivity index (χ1n) is 9.36. The molecule has 1 amide bonds. The number of amides is 1. The highest BCUT2D eigenvalue weighted by molar-refractivity contribution is 5.95. The van der Waals surface area contributed by atoms with Crippen molar-refractivity contribution in [3.8, 4) is 11.3 Å². The molecule has 146 valence electrons. The second kappa shape index (κ2) is 7.41. The smallest absolute Gasteiger partial charge is 0.366 e. The number of alkyl halides is 3. The normalized spacial score (nSPS) is 15.9. The Morgan fingerprint density at radius 3 is 2.41 bits per heavy atom. The molecular formula is C21H25F3N2O. The number of nitrogens with zero attached hydrogens (tertiary/aromatic N) is 1. The average Bonchev–Trinajstić information content (AvgIpc) is 2.92. The molecule has 0 bridgehead atoms. The minimum absolute atomic E-state index is 0.373. The lowest BCUT2D eigenvalue weighted by Crippen LogP contribution is -2.17. The lowest BCUT2D eigenvalue weighted by atomic mass is 9.89. The summed E-state index contributed by atoms with van der Waals surface area (Å²) in [5.41, 5.74) is 7.79. The van der Waals surface area contributed by atoms with Gasteiger partial charge in [0.25, 0.3) is 5.91 Å². The van der Waals surface area contributed by atoms with Crippen LogP contribution in [0.1, 0.15) is 59.3 Å². The molecule has 1 fully saturated rings.